The molecule has 0 fully saturated rings. The second-order valence-electron chi connectivity index (χ2n) is 6.84. The molecule has 0 spiro atoms. The maximum Gasteiger partial charge on any atom is 0.305 e. The van der Waals surface area contributed by atoms with Gasteiger partial charge in [0.25, 0.3) is 11.5 Å². The summed E-state index contributed by atoms with van der Waals surface area (Å²) < 4.78 is 12.1. The topological polar surface area (TPSA) is 115 Å². The molecule has 2 heterocycles. The molecule has 4 rings (SSSR count). The number of hydrogen-bond acceptors (Lipinski definition) is 6. The molecule has 4 aromatic rings. The van der Waals surface area contributed by atoms with Crippen LogP contribution >= 0.6 is 0 Å². The summed E-state index contributed by atoms with van der Waals surface area (Å²) in [5, 5.41) is 5.65. The summed E-state index contributed by atoms with van der Waals surface area (Å²) in [6.45, 7) is 3.80. The Kier molecular flexibility index (Phi) is 5.16. The first-order valence-corrected chi connectivity index (χ1v) is 9.62. The molecule has 0 saturated carbocycles. The maximum atomic E-state index is 12.8. The highest BCUT2D eigenvalue weighted by atomic mass is 16.5. The van der Waals surface area contributed by atoms with Crippen molar-refractivity contribution in [2.75, 3.05) is 7.11 Å². The Balaban J connectivity index is 1.60. The minimum atomic E-state index is -0.651. The number of carbonyl (C=O) groups is 2. The third-order valence-corrected chi connectivity index (χ3v) is 5.02. The van der Waals surface area contributed by atoms with Gasteiger partial charge in [0.15, 0.2) is 11.5 Å². The number of aryl methyl sites for hydroxylation is 2. The summed E-state index contributed by atoms with van der Waals surface area (Å²) in [4.78, 5) is 37.8. The van der Waals surface area contributed by atoms with Crippen LogP contribution in [0.1, 0.15) is 33.5 Å². The van der Waals surface area contributed by atoms with Gasteiger partial charge in [0.2, 0.25) is 0 Å². The third-order valence-electron chi connectivity index (χ3n) is 5.02. The fourth-order valence-corrected chi connectivity index (χ4v) is 3.39. The van der Waals surface area contributed by atoms with E-state index in [9.17, 15) is 14.4 Å². The maximum absolute atomic E-state index is 12.8. The summed E-state index contributed by atoms with van der Waals surface area (Å²) in [5.74, 6) is -0.558. The molecule has 2 amide bonds. The molecule has 0 bridgehead atoms. The van der Waals surface area contributed by atoms with Crippen LogP contribution < -0.4 is 21.1 Å². The number of hydrogen-bond donors (Lipinski definition) is 2. The van der Waals surface area contributed by atoms with E-state index in [0.29, 0.717) is 34.2 Å². The van der Waals surface area contributed by atoms with Gasteiger partial charge in [-0.1, -0.05) is 18.2 Å². The molecule has 2 aromatic carbocycles. The molecule has 0 aliphatic rings. The second-order valence-corrected chi connectivity index (χ2v) is 6.84. The average Bonchev–Trinajstić information content (AvgIpc) is 3.13. The first kappa shape index (κ1) is 20.1. The van der Waals surface area contributed by atoms with Crippen LogP contribution in [-0.2, 0) is 6.54 Å². The van der Waals surface area contributed by atoms with Gasteiger partial charge < -0.3 is 9.15 Å². The van der Waals surface area contributed by atoms with E-state index in [2.05, 4.69) is 16.0 Å². The summed E-state index contributed by atoms with van der Waals surface area (Å²) in [5.41, 5.74) is 5.59. The molecular weight excluding hydrogens is 400 g/mol. The molecule has 9 heteroatoms. The van der Waals surface area contributed by atoms with E-state index >= 15 is 0 Å². The fraction of sp³-hybridized carbons (Fsp3) is 0.182. The summed E-state index contributed by atoms with van der Waals surface area (Å²) >= 11 is 0. The number of methoxy groups -OCH3 is 1. The van der Waals surface area contributed by atoms with E-state index in [1.165, 1.54) is 4.68 Å². The number of nitrogens with one attached hydrogen (secondary N) is 2. The lowest BCUT2D eigenvalue weighted by atomic mass is 10.1. The smallest absolute Gasteiger partial charge is 0.305 e. The zero-order valence-electron chi connectivity index (χ0n) is 17.2. The molecule has 2 N–H and O–H groups in total. The first-order chi connectivity index (χ1) is 14.9. The molecule has 2 aromatic heterocycles. The standard InChI is InChI=1S/C22H20N4O5/c1-4-26-22(29)15-8-6-5-7-14(15)18(25-26)20(27)23-24-21(28)19-12(2)16-11-13(30-3)9-10-17(16)31-19/h5-11H,4H2,1-3H3,(H,23,27)(H,24,28). The number of nitrogens with zero attached hydrogens (tertiary/aromatic N) is 2. The summed E-state index contributed by atoms with van der Waals surface area (Å²) in [7, 11) is 1.55. The molecule has 0 aliphatic heterocycles. The highest BCUT2D eigenvalue weighted by molar-refractivity contribution is 6.06. The quantitative estimate of drug-likeness (QED) is 0.490. The van der Waals surface area contributed by atoms with Crippen molar-refractivity contribution in [2.45, 2.75) is 20.4 Å². The Labute approximate surface area is 176 Å². The Morgan fingerprint density at radius 2 is 1.77 bits per heavy atom. The van der Waals surface area contributed by atoms with E-state index in [1.54, 1.807) is 63.4 Å². The van der Waals surface area contributed by atoms with Gasteiger partial charge in [-0.15, -0.1) is 0 Å². The summed E-state index contributed by atoms with van der Waals surface area (Å²) in [6.07, 6.45) is 0. The molecule has 0 radical (unpaired) electrons. The van der Waals surface area contributed by atoms with Gasteiger partial charge >= 0.3 is 5.91 Å². The van der Waals surface area contributed by atoms with Crippen molar-refractivity contribution in [1.82, 2.24) is 20.6 Å². The highest BCUT2D eigenvalue weighted by Gasteiger charge is 2.21. The molecule has 0 saturated heterocycles. The van der Waals surface area contributed by atoms with Crippen molar-refractivity contribution < 1.29 is 18.7 Å². The van der Waals surface area contributed by atoms with Gasteiger partial charge in [-0.3, -0.25) is 25.2 Å². The van der Waals surface area contributed by atoms with Crippen LogP contribution in [0, 0.1) is 6.92 Å². The van der Waals surface area contributed by atoms with Crippen LogP contribution in [0.3, 0.4) is 0 Å². The number of carbonyl (C=O) groups excluding carboxylic acids is 2. The average molecular weight is 420 g/mol. The largest absolute Gasteiger partial charge is 0.497 e. The van der Waals surface area contributed by atoms with Crippen molar-refractivity contribution in [1.29, 1.82) is 0 Å². The number of amides is 2. The van der Waals surface area contributed by atoms with E-state index in [-0.39, 0.29) is 17.0 Å². The van der Waals surface area contributed by atoms with Gasteiger partial charge in [0.1, 0.15) is 11.3 Å². The number of furan rings is 1. The molecule has 0 atom stereocenters. The van der Waals surface area contributed by atoms with Crippen molar-refractivity contribution in [3.63, 3.8) is 0 Å². The van der Waals surface area contributed by atoms with Crippen LogP contribution in [0.4, 0.5) is 0 Å². The minimum Gasteiger partial charge on any atom is -0.497 e. The number of ether oxygens (including phenoxy) is 1. The molecule has 0 aliphatic carbocycles. The van der Waals surface area contributed by atoms with Crippen LogP contribution in [0.15, 0.2) is 51.7 Å². The molecule has 0 unspecified atom stereocenters. The summed E-state index contributed by atoms with van der Waals surface area (Å²) in [6, 6.07) is 11.9. The van der Waals surface area contributed by atoms with E-state index < -0.39 is 11.8 Å². The third kappa shape index (κ3) is 3.50. The lowest BCUT2D eigenvalue weighted by Gasteiger charge is -2.10. The Bertz CT molecular complexity index is 1390. The zero-order chi connectivity index (χ0) is 22.1. The predicted octanol–water partition coefficient (Wildman–Crippen LogP) is 2.55. The van der Waals surface area contributed by atoms with Crippen molar-refractivity contribution in [3.8, 4) is 5.75 Å². The van der Waals surface area contributed by atoms with Crippen LogP contribution in [0.25, 0.3) is 21.7 Å². The predicted molar refractivity (Wildman–Crippen MR) is 114 cm³/mol. The number of aromatic nitrogens is 2. The van der Waals surface area contributed by atoms with Crippen molar-refractivity contribution in [3.05, 3.63) is 69.8 Å². The molecular formula is C22H20N4O5. The Morgan fingerprint density at radius 1 is 1.06 bits per heavy atom. The lowest BCUT2D eigenvalue weighted by Crippen LogP contribution is -2.42. The van der Waals surface area contributed by atoms with Gasteiger partial charge in [-0.05, 0) is 38.1 Å². The van der Waals surface area contributed by atoms with Crippen LogP contribution in [-0.4, -0.2) is 28.7 Å². The van der Waals surface area contributed by atoms with Gasteiger partial charge in [0, 0.05) is 22.9 Å². The van der Waals surface area contributed by atoms with Gasteiger partial charge in [-0.25, -0.2) is 4.68 Å². The fourth-order valence-electron chi connectivity index (χ4n) is 3.39. The highest BCUT2D eigenvalue weighted by Crippen LogP contribution is 2.28. The lowest BCUT2D eigenvalue weighted by molar-refractivity contribution is 0.0829. The molecule has 9 nitrogen and oxygen atoms in total. The number of rotatable bonds is 4. The number of benzene rings is 2. The second kappa shape index (κ2) is 7.94. The van der Waals surface area contributed by atoms with Gasteiger partial charge in [0.05, 0.1) is 12.5 Å². The van der Waals surface area contributed by atoms with E-state index in [4.69, 9.17) is 9.15 Å². The Hall–Kier alpha value is -4.14. The molecule has 31 heavy (non-hydrogen) atoms. The zero-order valence-corrected chi connectivity index (χ0v) is 17.2. The number of hydrazine groups is 1. The molecule has 158 valence electrons. The van der Waals surface area contributed by atoms with Crippen molar-refractivity contribution in [2.24, 2.45) is 0 Å². The van der Waals surface area contributed by atoms with E-state index in [1.807, 2.05) is 0 Å². The van der Waals surface area contributed by atoms with Crippen molar-refractivity contribution >= 4 is 33.6 Å². The SMILES string of the molecule is CCn1nc(C(=O)NNC(=O)c2oc3ccc(OC)cc3c2C)c2ccccc2c1=O. The Morgan fingerprint density at radius 3 is 2.48 bits per heavy atom. The van der Waals surface area contributed by atoms with E-state index in [0.717, 1.165) is 5.39 Å². The number of fused-ring (bicyclic) bond motifs is 2. The monoisotopic (exact) mass is 420 g/mol. The minimum absolute atomic E-state index is 0.0309. The van der Waals surface area contributed by atoms with Crippen LogP contribution in [0.5, 0.6) is 5.75 Å². The normalized spacial score (nSPS) is 10.9. The van der Waals surface area contributed by atoms with Crippen LogP contribution in [0.2, 0.25) is 0 Å². The van der Waals surface area contributed by atoms with Gasteiger partial charge in [-0.2, -0.15) is 5.10 Å². The first-order valence-electron chi connectivity index (χ1n) is 9.62.